The maximum atomic E-state index is 11.9. The Bertz CT molecular complexity index is 518. The topological polar surface area (TPSA) is 46.5 Å². The number of esters is 1. The smallest absolute Gasteiger partial charge is 0.362 e. The Morgan fingerprint density at radius 1 is 1.00 bits per heavy atom. The van der Waals surface area contributed by atoms with Gasteiger partial charge in [-0.1, -0.05) is 35.8 Å². The van der Waals surface area contributed by atoms with Gasteiger partial charge >= 0.3 is 5.97 Å². The van der Waals surface area contributed by atoms with Gasteiger partial charge in [0.1, 0.15) is 6.61 Å². The number of allylic oxidation sites excluding steroid dienone is 5. The van der Waals surface area contributed by atoms with Crippen molar-refractivity contribution in [1.82, 2.24) is 0 Å². The van der Waals surface area contributed by atoms with Crippen molar-refractivity contribution in [1.29, 1.82) is 0 Å². The Kier molecular flexibility index (Phi) is 15.5. The van der Waals surface area contributed by atoms with Gasteiger partial charge in [0.15, 0.2) is 12.8 Å². The second-order valence-corrected chi connectivity index (χ2v) is 7.97. The molecule has 0 saturated carbocycles. The highest BCUT2D eigenvalue weighted by molar-refractivity contribution is 5.70. The van der Waals surface area contributed by atoms with Crippen LogP contribution in [0, 0.1) is 0 Å². The lowest BCUT2D eigenvalue weighted by Crippen LogP contribution is -3.00. The Balaban J connectivity index is 0. The highest BCUT2D eigenvalue weighted by Gasteiger charge is 2.28. The van der Waals surface area contributed by atoms with Crippen LogP contribution in [0.4, 0.5) is 0 Å². The molecule has 4 nitrogen and oxygen atoms in total. The van der Waals surface area contributed by atoms with E-state index in [1.807, 2.05) is 27.1 Å². The molecule has 0 spiro atoms. The Hall–Kier alpha value is -1.10. The number of halogens is 1. The summed E-state index contributed by atoms with van der Waals surface area (Å²) >= 11 is 0. The average Bonchev–Trinajstić information content (AvgIpc) is 2.53. The van der Waals surface area contributed by atoms with E-state index in [-0.39, 0.29) is 29.4 Å². The molecule has 0 bridgehead atoms. The number of carbonyl (C=O) groups is 1. The average molecular weight is 402 g/mol. The molecule has 0 saturated heterocycles. The molecular formula is C22H40ClNO3. The molecule has 158 valence electrons. The van der Waals surface area contributed by atoms with Crippen molar-refractivity contribution in [3.05, 3.63) is 34.9 Å². The third-order valence-electron chi connectivity index (χ3n) is 4.51. The van der Waals surface area contributed by atoms with Crippen LogP contribution in [0.25, 0.3) is 0 Å². The fourth-order valence-corrected chi connectivity index (χ4v) is 2.59. The van der Waals surface area contributed by atoms with Crippen LogP contribution in [-0.2, 0) is 9.53 Å². The number of likely N-dealkylation sites (N-methyl/N-ethyl adjacent to an activating group) is 1. The Labute approximate surface area is 173 Å². The second-order valence-electron chi connectivity index (χ2n) is 7.97. The van der Waals surface area contributed by atoms with Crippen LogP contribution in [-0.4, -0.2) is 49.0 Å². The molecule has 1 unspecified atom stereocenters. The van der Waals surface area contributed by atoms with Crippen LogP contribution >= 0.6 is 0 Å². The molecule has 0 heterocycles. The van der Waals surface area contributed by atoms with E-state index >= 15 is 0 Å². The maximum Gasteiger partial charge on any atom is 0.362 e. The van der Waals surface area contributed by atoms with Crippen molar-refractivity contribution < 1.29 is 31.5 Å². The molecular weight excluding hydrogens is 362 g/mol. The molecule has 0 aromatic heterocycles. The van der Waals surface area contributed by atoms with Crippen LogP contribution in [0.2, 0.25) is 0 Å². The number of quaternary nitrogens is 1. The summed E-state index contributed by atoms with van der Waals surface area (Å²) in [5.41, 5.74) is 4.03. The van der Waals surface area contributed by atoms with Crippen LogP contribution < -0.4 is 12.4 Å². The number of aliphatic hydroxyl groups is 1. The van der Waals surface area contributed by atoms with E-state index in [2.05, 4.69) is 39.8 Å². The van der Waals surface area contributed by atoms with Crippen molar-refractivity contribution in [2.45, 2.75) is 73.0 Å². The lowest BCUT2D eigenvalue weighted by atomic mass is 10.1. The minimum Gasteiger partial charge on any atom is -1.00 e. The standard InChI is InChI=1S/C22H40NO3.ClH/c1-8-21(24)23(6,7)17-22(25)26-16-15-20(5)14-10-13-19(4)12-9-11-18(2)3;/h11,13,15,21,24H,8-10,12,14,16-17H2,1-7H3;1H/q+1;/p-1. The first-order valence-corrected chi connectivity index (χ1v) is 9.69. The fraction of sp³-hybridized carbons (Fsp3) is 0.682. The SMILES string of the molecule is CCC(O)[N+](C)(C)CC(=O)OCC=C(C)CCC=C(C)CCC=C(C)C.[Cl-]. The minimum atomic E-state index is -0.549. The van der Waals surface area contributed by atoms with E-state index in [1.54, 1.807) is 0 Å². The number of hydrogen-bond donors (Lipinski definition) is 1. The molecule has 0 aliphatic carbocycles. The number of ether oxygens (including phenoxy) is 1. The van der Waals surface area contributed by atoms with Crippen LogP contribution in [0.3, 0.4) is 0 Å². The largest absolute Gasteiger partial charge is 1.00 e. The summed E-state index contributed by atoms with van der Waals surface area (Å²) in [6.45, 7) is 10.9. The number of aliphatic hydroxyl groups excluding tert-OH is 1. The third-order valence-corrected chi connectivity index (χ3v) is 4.51. The highest BCUT2D eigenvalue weighted by atomic mass is 35.5. The second kappa shape index (κ2) is 14.9. The zero-order valence-corrected chi connectivity index (χ0v) is 19.1. The van der Waals surface area contributed by atoms with Gasteiger partial charge in [-0.3, -0.25) is 4.48 Å². The number of nitrogens with zero attached hydrogens (tertiary/aromatic N) is 1. The molecule has 0 amide bonds. The molecule has 27 heavy (non-hydrogen) atoms. The van der Waals surface area contributed by atoms with Gasteiger partial charge in [-0.15, -0.1) is 0 Å². The van der Waals surface area contributed by atoms with Crippen molar-refractivity contribution >= 4 is 5.97 Å². The van der Waals surface area contributed by atoms with Crippen molar-refractivity contribution in [2.75, 3.05) is 27.2 Å². The first-order chi connectivity index (χ1) is 12.1. The van der Waals surface area contributed by atoms with Gasteiger partial charge in [-0.05, 0) is 59.5 Å². The molecule has 0 aliphatic rings. The lowest BCUT2D eigenvalue weighted by molar-refractivity contribution is -0.930. The van der Waals surface area contributed by atoms with E-state index in [0.29, 0.717) is 13.0 Å². The fourth-order valence-electron chi connectivity index (χ4n) is 2.59. The first kappa shape index (κ1) is 28.1. The first-order valence-electron chi connectivity index (χ1n) is 9.69. The molecule has 0 aromatic rings. The zero-order chi connectivity index (χ0) is 20.2. The van der Waals surface area contributed by atoms with Crippen LogP contribution in [0.5, 0.6) is 0 Å². The molecule has 1 N–H and O–H groups in total. The number of carbonyl (C=O) groups excluding carboxylic acids is 1. The highest BCUT2D eigenvalue weighted by Crippen LogP contribution is 2.12. The summed E-state index contributed by atoms with van der Waals surface area (Å²) in [4.78, 5) is 11.9. The summed E-state index contributed by atoms with van der Waals surface area (Å²) in [5, 5.41) is 9.92. The summed E-state index contributed by atoms with van der Waals surface area (Å²) < 4.78 is 5.51. The predicted octanol–water partition coefficient (Wildman–Crippen LogP) is 1.76. The molecule has 0 radical (unpaired) electrons. The van der Waals surface area contributed by atoms with Crippen molar-refractivity contribution in [3.8, 4) is 0 Å². The Morgan fingerprint density at radius 2 is 1.52 bits per heavy atom. The summed E-state index contributed by atoms with van der Waals surface area (Å²) in [7, 11) is 3.67. The number of rotatable bonds is 12. The van der Waals surface area contributed by atoms with E-state index in [9.17, 15) is 9.90 Å². The molecule has 0 rings (SSSR count). The van der Waals surface area contributed by atoms with E-state index < -0.39 is 6.23 Å². The summed E-state index contributed by atoms with van der Waals surface area (Å²) in [5.74, 6) is -0.276. The molecule has 0 aromatic carbocycles. The van der Waals surface area contributed by atoms with Crippen LogP contribution in [0.15, 0.2) is 34.9 Å². The van der Waals surface area contributed by atoms with Gasteiger partial charge in [-0.2, -0.15) is 0 Å². The quantitative estimate of drug-likeness (QED) is 0.234. The van der Waals surface area contributed by atoms with Gasteiger partial charge in [0.25, 0.3) is 0 Å². The third kappa shape index (κ3) is 14.6. The minimum absolute atomic E-state index is 0. The van der Waals surface area contributed by atoms with Gasteiger partial charge in [-0.25, -0.2) is 4.79 Å². The molecule has 0 fully saturated rings. The van der Waals surface area contributed by atoms with Gasteiger partial charge < -0.3 is 22.3 Å². The van der Waals surface area contributed by atoms with Crippen LogP contribution in [0.1, 0.15) is 66.7 Å². The normalized spacial score (nSPS) is 13.6. The van der Waals surface area contributed by atoms with E-state index in [1.165, 1.54) is 16.7 Å². The molecule has 1 atom stereocenters. The van der Waals surface area contributed by atoms with E-state index in [4.69, 9.17) is 4.74 Å². The maximum absolute atomic E-state index is 11.9. The summed E-state index contributed by atoms with van der Waals surface area (Å²) in [6, 6.07) is 0. The van der Waals surface area contributed by atoms with Crippen molar-refractivity contribution in [3.63, 3.8) is 0 Å². The Morgan fingerprint density at radius 3 is 2.04 bits per heavy atom. The van der Waals surface area contributed by atoms with Gasteiger partial charge in [0, 0.05) is 6.42 Å². The summed E-state index contributed by atoms with van der Waals surface area (Å²) in [6.07, 6.45) is 10.8. The lowest BCUT2D eigenvalue weighted by Gasteiger charge is -2.32. The van der Waals surface area contributed by atoms with Gasteiger partial charge in [0.2, 0.25) is 0 Å². The molecule has 5 heteroatoms. The van der Waals surface area contributed by atoms with Crippen molar-refractivity contribution in [2.24, 2.45) is 0 Å². The van der Waals surface area contributed by atoms with Gasteiger partial charge in [0.05, 0.1) is 14.1 Å². The molecule has 0 aliphatic heterocycles. The zero-order valence-electron chi connectivity index (χ0n) is 18.3. The monoisotopic (exact) mass is 401 g/mol. The predicted molar refractivity (Wildman–Crippen MR) is 110 cm³/mol. The number of hydrogen-bond acceptors (Lipinski definition) is 3. The van der Waals surface area contributed by atoms with E-state index in [0.717, 1.165) is 25.7 Å².